The van der Waals surface area contributed by atoms with E-state index in [0.29, 0.717) is 27.4 Å². The second-order valence-electron chi connectivity index (χ2n) is 8.38. The number of fused-ring (bicyclic) bond motifs is 1. The van der Waals surface area contributed by atoms with Crippen LogP contribution in [0.5, 0.6) is 0 Å². The first-order valence-electron chi connectivity index (χ1n) is 11.5. The molecular weight excluding hydrogens is 514 g/mol. The van der Waals surface area contributed by atoms with Crippen LogP contribution in [0.1, 0.15) is 43.9 Å². The van der Waals surface area contributed by atoms with Gasteiger partial charge in [-0.15, -0.1) is 11.3 Å². The molecule has 1 N–H and O–H groups in total. The van der Waals surface area contributed by atoms with Gasteiger partial charge in [0.25, 0.3) is 11.8 Å². The largest absolute Gasteiger partial charge is 0.339 e. The van der Waals surface area contributed by atoms with Gasteiger partial charge in [-0.25, -0.2) is 4.98 Å². The van der Waals surface area contributed by atoms with Crippen molar-refractivity contribution in [2.75, 3.05) is 24.2 Å². The average Bonchev–Trinajstić information content (AvgIpc) is 3.57. The summed E-state index contributed by atoms with van der Waals surface area (Å²) in [7, 11) is 0. The maximum Gasteiger partial charge on any atom is 0.256 e. The zero-order valence-corrected chi connectivity index (χ0v) is 21.6. The van der Waals surface area contributed by atoms with Gasteiger partial charge < -0.3 is 10.2 Å². The van der Waals surface area contributed by atoms with Crippen LogP contribution in [0.15, 0.2) is 71.1 Å². The molecule has 1 fully saturated rings. The summed E-state index contributed by atoms with van der Waals surface area (Å²) in [4.78, 5) is 44.9. The van der Waals surface area contributed by atoms with Crippen LogP contribution >= 0.6 is 34.7 Å². The molecule has 1 aromatic heterocycles. The van der Waals surface area contributed by atoms with Gasteiger partial charge in [-0.3, -0.25) is 14.4 Å². The molecular formula is C27H22ClN3O3S2. The van der Waals surface area contributed by atoms with Crippen LogP contribution in [0.25, 0.3) is 10.2 Å². The number of nitrogens with zero attached hydrogens (tertiary/aromatic N) is 2. The molecule has 1 aliphatic heterocycles. The summed E-state index contributed by atoms with van der Waals surface area (Å²) >= 11 is 8.74. The number of thioether (sulfide) groups is 1. The molecule has 3 aromatic carbocycles. The molecule has 36 heavy (non-hydrogen) atoms. The van der Waals surface area contributed by atoms with Crippen LogP contribution in [-0.2, 0) is 0 Å². The first-order valence-corrected chi connectivity index (χ1v) is 13.7. The third-order valence-corrected chi connectivity index (χ3v) is 8.33. The highest BCUT2D eigenvalue weighted by atomic mass is 35.5. The van der Waals surface area contributed by atoms with E-state index in [2.05, 4.69) is 10.3 Å². The maximum absolute atomic E-state index is 13.1. The Kier molecular flexibility index (Phi) is 7.36. The highest BCUT2D eigenvalue weighted by molar-refractivity contribution is 8.01. The monoisotopic (exact) mass is 535 g/mol. The van der Waals surface area contributed by atoms with Crippen molar-refractivity contribution in [1.29, 1.82) is 0 Å². The summed E-state index contributed by atoms with van der Waals surface area (Å²) in [6.45, 7) is 1.45. The fraction of sp³-hybridized carbons (Fsp3) is 0.185. The Labute approximate surface area is 221 Å². The van der Waals surface area contributed by atoms with Gasteiger partial charge in [-0.1, -0.05) is 35.5 Å². The fourth-order valence-electron chi connectivity index (χ4n) is 4.05. The van der Waals surface area contributed by atoms with Crippen molar-refractivity contribution < 1.29 is 14.4 Å². The van der Waals surface area contributed by atoms with Crippen molar-refractivity contribution in [3.8, 4) is 0 Å². The second kappa shape index (κ2) is 10.8. The standard InChI is InChI=1S/C27H22ClN3O3S2/c28-18-9-7-17(8-10-18)23(32)16-35-27-30-22-12-11-19(15-24(22)36-27)29-25(33)20-5-1-2-6-21(20)26(34)31-13-3-4-14-31/h1-2,5-12,15H,3-4,13-14,16H2,(H,29,33). The van der Waals surface area contributed by atoms with Crippen molar-refractivity contribution >= 4 is 68.2 Å². The number of hydrogen-bond donors (Lipinski definition) is 1. The van der Waals surface area contributed by atoms with Crippen LogP contribution in [0.3, 0.4) is 0 Å². The van der Waals surface area contributed by atoms with Crippen LogP contribution in [0.2, 0.25) is 5.02 Å². The molecule has 0 saturated carbocycles. The quantitative estimate of drug-likeness (QED) is 0.218. The number of anilines is 1. The number of ketones is 1. The van der Waals surface area contributed by atoms with Gasteiger partial charge >= 0.3 is 0 Å². The molecule has 9 heteroatoms. The van der Waals surface area contributed by atoms with Gasteiger partial charge in [-0.2, -0.15) is 0 Å². The van der Waals surface area contributed by atoms with E-state index in [1.54, 1.807) is 59.5 Å². The molecule has 0 bridgehead atoms. The predicted octanol–water partition coefficient (Wildman–Crippen LogP) is 6.41. The van der Waals surface area contributed by atoms with Crippen molar-refractivity contribution in [3.63, 3.8) is 0 Å². The zero-order valence-electron chi connectivity index (χ0n) is 19.2. The minimum atomic E-state index is -0.329. The number of carbonyl (C=O) groups is 3. The van der Waals surface area contributed by atoms with E-state index in [4.69, 9.17) is 11.6 Å². The average molecular weight is 536 g/mol. The van der Waals surface area contributed by atoms with E-state index in [0.717, 1.165) is 40.5 Å². The Morgan fingerprint density at radius 2 is 1.69 bits per heavy atom. The van der Waals surface area contributed by atoms with E-state index in [1.807, 2.05) is 12.1 Å². The van der Waals surface area contributed by atoms with Crippen molar-refractivity contribution in [1.82, 2.24) is 9.88 Å². The number of rotatable bonds is 7. The van der Waals surface area contributed by atoms with E-state index < -0.39 is 0 Å². The molecule has 6 nitrogen and oxygen atoms in total. The van der Waals surface area contributed by atoms with E-state index in [9.17, 15) is 14.4 Å². The van der Waals surface area contributed by atoms with Gasteiger partial charge in [0.15, 0.2) is 10.1 Å². The van der Waals surface area contributed by atoms with E-state index >= 15 is 0 Å². The number of carbonyl (C=O) groups excluding carboxylic acids is 3. The molecule has 1 aliphatic rings. The minimum Gasteiger partial charge on any atom is -0.339 e. The number of amides is 2. The fourth-order valence-corrected chi connectivity index (χ4v) is 6.17. The molecule has 4 aromatic rings. The Morgan fingerprint density at radius 1 is 0.972 bits per heavy atom. The van der Waals surface area contributed by atoms with Gasteiger partial charge in [0.2, 0.25) is 0 Å². The lowest BCUT2D eigenvalue weighted by molar-refractivity contribution is 0.0787. The molecule has 182 valence electrons. The maximum atomic E-state index is 13.1. The second-order valence-corrected chi connectivity index (χ2v) is 11.1. The molecule has 2 heterocycles. The number of hydrogen-bond acceptors (Lipinski definition) is 6. The highest BCUT2D eigenvalue weighted by Gasteiger charge is 2.24. The van der Waals surface area contributed by atoms with E-state index in [1.165, 1.54) is 23.1 Å². The van der Waals surface area contributed by atoms with Gasteiger partial charge in [0.05, 0.1) is 27.1 Å². The lowest BCUT2D eigenvalue weighted by atomic mass is 10.1. The Hall–Kier alpha value is -3.20. The Bertz CT molecular complexity index is 1450. The summed E-state index contributed by atoms with van der Waals surface area (Å²) in [6.07, 6.45) is 1.98. The van der Waals surface area contributed by atoms with Gasteiger partial charge in [0, 0.05) is 29.4 Å². The summed E-state index contributed by atoms with van der Waals surface area (Å²) in [5.41, 5.74) is 2.80. The molecule has 0 spiro atoms. The molecule has 5 rings (SSSR count). The Balaban J connectivity index is 1.27. The number of nitrogens with one attached hydrogen (secondary N) is 1. The van der Waals surface area contributed by atoms with E-state index in [-0.39, 0.29) is 23.4 Å². The first-order chi connectivity index (χ1) is 17.5. The molecule has 0 atom stereocenters. The zero-order chi connectivity index (χ0) is 25.1. The van der Waals surface area contributed by atoms with Crippen molar-refractivity contribution in [2.24, 2.45) is 0 Å². The summed E-state index contributed by atoms with van der Waals surface area (Å²) in [6, 6.07) is 19.3. The summed E-state index contributed by atoms with van der Waals surface area (Å²) < 4.78 is 1.67. The number of halogens is 1. The summed E-state index contributed by atoms with van der Waals surface area (Å²) in [5.74, 6) is -0.158. The minimum absolute atomic E-state index is 0.00557. The van der Waals surface area contributed by atoms with Crippen LogP contribution in [0, 0.1) is 0 Å². The number of Topliss-reactive ketones (excluding diaryl/α,β-unsaturated/α-hetero) is 1. The van der Waals surface area contributed by atoms with Crippen molar-refractivity contribution in [3.05, 3.63) is 88.4 Å². The molecule has 0 aliphatic carbocycles. The molecule has 0 unspecified atom stereocenters. The molecule has 2 amide bonds. The number of benzene rings is 3. The smallest absolute Gasteiger partial charge is 0.256 e. The molecule has 0 radical (unpaired) electrons. The highest BCUT2D eigenvalue weighted by Crippen LogP contribution is 2.32. The van der Waals surface area contributed by atoms with Crippen molar-refractivity contribution in [2.45, 2.75) is 17.2 Å². The van der Waals surface area contributed by atoms with Crippen LogP contribution in [-0.4, -0.2) is 46.3 Å². The van der Waals surface area contributed by atoms with Gasteiger partial charge in [-0.05, 0) is 67.4 Å². The number of aromatic nitrogens is 1. The van der Waals surface area contributed by atoms with Crippen LogP contribution < -0.4 is 5.32 Å². The molecule has 1 saturated heterocycles. The number of thiazole rings is 1. The topological polar surface area (TPSA) is 79.4 Å². The summed E-state index contributed by atoms with van der Waals surface area (Å²) in [5, 5.41) is 3.51. The first kappa shape index (κ1) is 24.5. The predicted molar refractivity (Wildman–Crippen MR) is 146 cm³/mol. The SMILES string of the molecule is O=C(CSc1nc2ccc(NC(=O)c3ccccc3C(=O)N3CCCC3)cc2s1)c1ccc(Cl)cc1. The van der Waals surface area contributed by atoms with Crippen LogP contribution in [0.4, 0.5) is 5.69 Å². The third kappa shape index (κ3) is 5.46. The normalized spacial score (nSPS) is 13.2. The lowest BCUT2D eigenvalue weighted by Crippen LogP contribution is -2.29. The number of likely N-dealkylation sites (tertiary alicyclic amines) is 1. The third-order valence-electron chi connectivity index (χ3n) is 5.91. The lowest BCUT2D eigenvalue weighted by Gasteiger charge is -2.17. The van der Waals surface area contributed by atoms with Gasteiger partial charge in [0.1, 0.15) is 0 Å². The Morgan fingerprint density at radius 3 is 2.44 bits per heavy atom.